The van der Waals surface area contributed by atoms with Crippen LogP contribution in [0.4, 0.5) is 0 Å². The van der Waals surface area contributed by atoms with Crippen molar-refractivity contribution >= 4 is 118 Å². The Morgan fingerprint density at radius 1 is 0.545 bits per heavy atom. The monoisotopic (exact) mass is 1880 g/mol. The van der Waals surface area contributed by atoms with E-state index in [1.54, 1.807) is 113 Å². The van der Waals surface area contributed by atoms with Gasteiger partial charge in [-0.25, -0.2) is 4.79 Å². The minimum absolute atomic E-state index is 0.0776. The number of tetrazole rings is 1. The Bertz CT molecular complexity index is 4910. The van der Waals surface area contributed by atoms with E-state index in [4.69, 9.17) is 21.9 Å². The summed E-state index contributed by atoms with van der Waals surface area (Å²) in [6.07, 6.45) is -3.16. The molecule has 1 fully saturated rings. The maximum Gasteiger partial charge on any atom is 0.341 e. The van der Waals surface area contributed by atoms with Crippen LogP contribution in [0.15, 0.2) is 103 Å². The highest BCUT2D eigenvalue weighted by Gasteiger charge is 2.43. The summed E-state index contributed by atoms with van der Waals surface area (Å²) in [6.45, 7) is 17.7. The fourth-order valence-electron chi connectivity index (χ4n) is 14.3. The lowest BCUT2D eigenvalue weighted by Crippen LogP contribution is -2.64. The fraction of sp³-hybridized carbons (Fsp3) is 0.527. The van der Waals surface area contributed by atoms with Gasteiger partial charge >= 0.3 is 5.97 Å². The number of carboxylic acids is 1. The molecule has 14 atom stereocenters. The normalized spacial score (nSPS) is 23.8. The van der Waals surface area contributed by atoms with Crippen LogP contribution in [0.2, 0.25) is 0 Å². The number of primary amides is 2. The molecule has 0 bridgehead atoms. The second-order valence-corrected chi connectivity index (χ2v) is 36.5. The molecule has 2 heterocycles. The van der Waals surface area contributed by atoms with Gasteiger partial charge in [-0.1, -0.05) is 171 Å². The number of aliphatic carboxylic acids is 1. The van der Waals surface area contributed by atoms with Gasteiger partial charge in [-0.05, 0) is 110 Å². The third kappa shape index (κ3) is 35.3. The van der Waals surface area contributed by atoms with E-state index in [1.165, 1.54) is 38.2 Å². The highest BCUT2D eigenvalue weighted by molar-refractivity contribution is 8.00. The summed E-state index contributed by atoms with van der Waals surface area (Å²) in [7, 11) is 1.29. The number of hydrogen-bond acceptors (Lipinski definition) is 25. The molecule has 0 spiro atoms. The number of ketones is 1. The average molecular weight is 1890 g/mol. The Morgan fingerprint density at radius 2 is 1.02 bits per heavy atom. The summed E-state index contributed by atoms with van der Waals surface area (Å²) in [5.41, 5.74) is 18.6. The molecule has 5 aromatic rings. The Morgan fingerprint density at radius 3 is 1.51 bits per heavy atom. The van der Waals surface area contributed by atoms with Crippen molar-refractivity contribution in [1.29, 1.82) is 0 Å². The van der Waals surface area contributed by atoms with E-state index in [1.807, 2.05) is 42.5 Å². The number of benzene rings is 4. The highest BCUT2D eigenvalue weighted by atomic mass is 32.2. The van der Waals surface area contributed by atoms with Gasteiger partial charge in [0.1, 0.15) is 77.7 Å². The predicted molar refractivity (Wildman–Crippen MR) is 492 cm³/mol. The van der Waals surface area contributed by atoms with Crippen LogP contribution in [0.3, 0.4) is 0 Å². The first kappa shape index (κ1) is 109. The summed E-state index contributed by atoms with van der Waals surface area (Å²) in [6, 6.07) is 10.0. The van der Waals surface area contributed by atoms with Crippen LogP contribution in [0.5, 0.6) is 5.75 Å². The third-order valence-electron chi connectivity index (χ3n) is 22.0. The molecule has 0 radical (unpaired) electrons. The second kappa shape index (κ2) is 52.8. The number of nitrogens with one attached hydrogen (secondary N) is 14. The number of hydrogen-bond donors (Lipinski definition) is 19. The van der Waals surface area contributed by atoms with Gasteiger partial charge in [0.15, 0.2) is 18.2 Å². The standard InChI is InChI=1S/C91H129N21O21S/c1-47(2)31-61-71(114)38-60(50(7)8)79(121)107-91(13,46-113)90(132)105-70(80(122)95-42-73(94)116)44-134-45-75(117)96-69(41-92)88(130)102-64(36-55-25-29-59(30-26-55)133-43-76(118)119)83(125)104-68(40-74-108-110-111-109-74)86(128)101-66(37-56-20-18-19-52(11)34-56)84(126)99-63(33-49(5)6)82(124)100-65(35-54-23-27-58(28-24-54)57-21-16-15-17-22-57)87(129)106-77(51(9)10)89(131)112(14)53(12)78(120)98-62(32-48(3)4)81(123)103-67(39-72(93)115)85(127)97-61/h15-30,34,47-51,53,60-70,77,113H,31-33,35-46,92H2,1-14H3,(H2,93,115)(H2,94,116)(H,95,122)(H,96,117)(H,97,127)(H,98,120)(H,99,126)(H,100,124)(H,101,128)(H,102,130)(H,103,123)(H,104,125)(H,105,132)(H,106,129)(H,107,121)(H,118,119)(H,108,109,110,111)/t53-,60-,61-,62+,63-,64-,65-,66-,67-,68-,69-,70-,77-,91-/m0/s1. The Balaban J connectivity index is 1.48. The van der Waals surface area contributed by atoms with Crippen molar-refractivity contribution in [3.05, 3.63) is 131 Å². The molecular weight excluding hydrogens is 1760 g/mol. The zero-order valence-electron chi connectivity index (χ0n) is 77.9. The number of aliphatic hydroxyl groups is 1. The van der Waals surface area contributed by atoms with Gasteiger partial charge in [-0.3, -0.25) is 81.5 Å². The van der Waals surface area contributed by atoms with E-state index in [-0.39, 0.29) is 61.4 Å². The maximum absolute atomic E-state index is 15.4. The molecule has 42 nitrogen and oxygen atoms in total. The van der Waals surface area contributed by atoms with Gasteiger partial charge in [0.2, 0.25) is 94.5 Å². The van der Waals surface area contributed by atoms with Gasteiger partial charge < -0.3 is 106 Å². The molecule has 134 heavy (non-hydrogen) atoms. The topological polar surface area (TPSA) is 649 Å². The number of Topliss-reactive ketones (excluding diaryl/α,β-unsaturated/α-hetero) is 1. The predicted octanol–water partition coefficient (Wildman–Crippen LogP) is -1.84. The van der Waals surface area contributed by atoms with Crippen LogP contribution in [0.25, 0.3) is 11.1 Å². The van der Waals surface area contributed by atoms with Crippen molar-refractivity contribution in [2.24, 2.45) is 52.7 Å². The number of aryl methyl sites for hydroxylation is 1. The maximum atomic E-state index is 15.4. The van der Waals surface area contributed by atoms with E-state index < -0.39 is 266 Å². The zero-order chi connectivity index (χ0) is 99.5. The minimum Gasteiger partial charge on any atom is -0.482 e. The summed E-state index contributed by atoms with van der Waals surface area (Å²) >= 11 is 0.686. The number of nitrogens with two attached hydrogens (primary N) is 3. The van der Waals surface area contributed by atoms with Crippen molar-refractivity contribution in [1.82, 2.24) is 94.6 Å². The largest absolute Gasteiger partial charge is 0.482 e. The Labute approximate surface area is 781 Å². The van der Waals surface area contributed by atoms with Crippen LogP contribution >= 0.6 is 11.8 Å². The van der Waals surface area contributed by atoms with Crippen molar-refractivity contribution in [2.75, 3.05) is 44.9 Å². The number of rotatable bonds is 27. The van der Waals surface area contributed by atoms with Gasteiger partial charge in [0.05, 0.1) is 31.4 Å². The van der Waals surface area contributed by atoms with Gasteiger partial charge in [-0.2, -0.15) is 5.21 Å². The molecule has 1 saturated heterocycles. The molecule has 0 aliphatic carbocycles. The number of ether oxygens (including phenoxy) is 1. The molecule has 6 rings (SSSR count). The first-order valence-corrected chi connectivity index (χ1v) is 45.4. The zero-order valence-corrected chi connectivity index (χ0v) is 78.7. The molecular formula is C91H129N21O21S. The number of carbonyl (C=O) groups is 18. The van der Waals surface area contributed by atoms with E-state index in [9.17, 15) is 67.7 Å². The van der Waals surface area contributed by atoms with Gasteiger partial charge in [-0.15, -0.1) is 22.0 Å². The van der Waals surface area contributed by atoms with Crippen molar-refractivity contribution in [3.63, 3.8) is 0 Å². The molecule has 4 aromatic carbocycles. The fourth-order valence-corrected chi connectivity index (χ4v) is 15.2. The summed E-state index contributed by atoms with van der Waals surface area (Å²) in [5, 5.41) is 68.0. The quantitative estimate of drug-likeness (QED) is 0.0275. The molecule has 1 aliphatic rings. The third-order valence-corrected chi connectivity index (χ3v) is 23.0. The van der Waals surface area contributed by atoms with Gasteiger partial charge in [0.25, 0.3) is 0 Å². The average Bonchev–Trinajstić information content (AvgIpc) is 1.06. The first-order valence-electron chi connectivity index (χ1n) is 44.2. The minimum atomic E-state index is -2.31. The number of carboxylic acid groups (broad SMARTS) is 1. The molecule has 1 aromatic heterocycles. The molecule has 43 heteroatoms. The van der Waals surface area contributed by atoms with Crippen LogP contribution in [0, 0.1) is 42.4 Å². The van der Waals surface area contributed by atoms with E-state index in [0.29, 0.717) is 28.5 Å². The number of H-pyrrole nitrogens is 1. The highest BCUT2D eigenvalue weighted by Crippen LogP contribution is 2.25. The lowest BCUT2D eigenvalue weighted by molar-refractivity contribution is -0.143. The second-order valence-electron chi connectivity index (χ2n) is 35.5. The lowest BCUT2D eigenvalue weighted by atomic mass is 9.85. The first-order chi connectivity index (χ1) is 63.2. The van der Waals surface area contributed by atoms with Crippen LogP contribution in [-0.2, 0) is 112 Å². The van der Waals surface area contributed by atoms with Crippen LogP contribution < -0.4 is 91.1 Å². The summed E-state index contributed by atoms with van der Waals surface area (Å²) in [4.78, 5) is 259. The van der Waals surface area contributed by atoms with Crippen molar-refractivity contribution < 1.29 is 101 Å². The van der Waals surface area contributed by atoms with Gasteiger partial charge in [0, 0.05) is 57.4 Å². The number of aromatic nitrogens is 4. The number of nitrogens with zero attached hydrogens (tertiary/aromatic N) is 4. The number of carbonyl (C=O) groups excluding carboxylic acids is 17. The van der Waals surface area contributed by atoms with E-state index in [2.05, 4.69) is 89.7 Å². The van der Waals surface area contributed by atoms with Crippen LogP contribution in [-0.4, -0.2) is 265 Å². The Hall–Kier alpha value is -13.3. The Kier molecular flexibility index (Phi) is 43.1. The molecule has 0 unspecified atom stereocenters. The molecule has 730 valence electrons. The van der Waals surface area contributed by atoms with E-state index >= 15 is 28.8 Å². The van der Waals surface area contributed by atoms with E-state index in [0.717, 1.165) is 28.5 Å². The summed E-state index contributed by atoms with van der Waals surface area (Å²) < 4.78 is 5.32. The number of aliphatic hydroxyl groups excluding tert-OH is 1. The number of amides is 16. The lowest BCUT2D eigenvalue weighted by Gasteiger charge is -2.33. The van der Waals surface area contributed by atoms with Crippen molar-refractivity contribution in [2.45, 2.75) is 226 Å². The SMILES string of the molecule is Cc1cccc(C[C@@H]2NC(=O)[C@H](Cc3nn[nH]n3)NC(=O)[C@H](Cc3ccc(OCC(=O)O)cc3)NC(=O)[C@H](CN)NC(=O)CSC[C@@H](C(=O)NCC(N)=O)NC(=O)[C@](C)(CO)NC(=O)[C@H](C(C)C)CC(=O)[C@H](CC(C)C)NC(=O)[C@H](CC(N)=O)NC(=O)[C@@H](CC(C)C)NC(=O)[C@H](C)N(C)C(=O)[C@H](C(C)C)NC(=O)[C@H](Cc3ccc(-c4ccccc4)cc3)NC(=O)[C@H](CC(C)C)NC2=O)c1. The number of aromatic amines is 1. The molecule has 22 N–H and O–H groups in total. The number of thioether (sulfide) groups is 1. The van der Waals surface area contributed by atoms with Crippen LogP contribution in [0.1, 0.15) is 143 Å². The molecule has 1 aliphatic heterocycles. The number of likely N-dealkylation sites (N-methyl/N-ethyl adjacent to an activating group) is 1. The van der Waals surface area contributed by atoms with Crippen molar-refractivity contribution in [3.8, 4) is 16.9 Å². The smallest absolute Gasteiger partial charge is 0.341 e. The molecule has 16 amide bonds. The molecule has 0 saturated carbocycles. The summed E-state index contributed by atoms with van der Waals surface area (Å²) in [5.74, 6) is -23.0.